The van der Waals surface area contributed by atoms with Crippen molar-refractivity contribution in [1.29, 1.82) is 0 Å². The van der Waals surface area contributed by atoms with Gasteiger partial charge in [0.2, 0.25) is 0 Å². The van der Waals surface area contributed by atoms with Gasteiger partial charge in [0, 0.05) is 22.5 Å². The third kappa shape index (κ3) is 3.16. The van der Waals surface area contributed by atoms with Crippen LogP contribution in [0.25, 0.3) is 0 Å². The van der Waals surface area contributed by atoms with Crippen LogP contribution in [-0.4, -0.2) is 28.7 Å². The van der Waals surface area contributed by atoms with E-state index in [0.717, 1.165) is 0 Å². The van der Waals surface area contributed by atoms with Gasteiger partial charge in [-0.3, -0.25) is 0 Å². The number of hydrogen-bond donors (Lipinski definition) is 4. The second-order valence-corrected chi connectivity index (χ2v) is 6.10. The van der Waals surface area contributed by atoms with Crippen molar-refractivity contribution in [3.8, 4) is 0 Å². The van der Waals surface area contributed by atoms with Gasteiger partial charge in [-0.25, -0.2) is 0 Å². The summed E-state index contributed by atoms with van der Waals surface area (Å²) in [7, 11) is 0. The third-order valence-corrected chi connectivity index (χ3v) is 4.32. The maximum Gasteiger partial charge on any atom is 0.430 e. The van der Waals surface area contributed by atoms with Crippen LogP contribution in [0.2, 0.25) is 0 Å². The number of rotatable bonds is 2. The third-order valence-electron chi connectivity index (χ3n) is 4.32. The standard InChI is InChI=1S/C14H15F9N2O2/c1-4-6(10(3,26)12(15,16)17)8(24)5(2)7(9(4)25)11(27,13(18,19)20)14(21,22)23/h26-27H,24-25H2,1-3H3. The number of nitrogens with two attached hydrogens (primary N) is 2. The molecule has 156 valence electrons. The van der Waals surface area contributed by atoms with E-state index in [1.807, 2.05) is 0 Å². The van der Waals surface area contributed by atoms with Crippen molar-refractivity contribution in [3.05, 3.63) is 22.3 Å². The normalized spacial score (nSPS) is 16.4. The summed E-state index contributed by atoms with van der Waals surface area (Å²) in [5.41, 5.74) is -6.57. The molecule has 0 saturated carbocycles. The van der Waals surface area contributed by atoms with Gasteiger partial charge in [0.15, 0.2) is 5.60 Å². The summed E-state index contributed by atoms with van der Waals surface area (Å²) in [6.45, 7) is 1.39. The van der Waals surface area contributed by atoms with Crippen LogP contribution >= 0.6 is 0 Å². The summed E-state index contributed by atoms with van der Waals surface area (Å²) < 4.78 is 118. The summed E-state index contributed by atoms with van der Waals surface area (Å²) in [6, 6.07) is 0. The number of aliphatic hydroxyl groups is 2. The van der Waals surface area contributed by atoms with Crippen molar-refractivity contribution >= 4 is 11.4 Å². The maximum absolute atomic E-state index is 13.1. The molecule has 1 aromatic rings. The summed E-state index contributed by atoms with van der Waals surface area (Å²) in [4.78, 5) is 0. The zero-order chi connectivity index (χ0) is 22.0. The van der Waals surface area contributed by atoms with Crippen LogP contribution in [0.4, 0.5) is 50.9 Å². The predicted octanol–water partition coefficient (Wildman–Crippen LogP) is 3.55. The SMILES string of the molecule is Cc1c(N)c(C(O)(C(F)(F)F)C(F)(F)F)c(C)c(N)c1C(C)(O)C(F)(F)F. The molecule has 0 fully saturated rings. The lowest BCUT2D eigenvalue weighted by atomic mass is 9.79. The van der Waals surface area contributed by atoms with Crippen molar-refractivity contribution in [2.24, 2.45) is 0 Å². The van der Waals surface area contributed by atoms with E-state index in [2.05, 4.69) is 0 Å². The Morgan fingerprint density at radius 3 is 1.22 bits per heavy atom. The molecule has 6 N–H and O–H groups in total. The molecule has 0 aliphatic carbocycles. The zero-order valence-corrected chi connectivity index (χ0v) is 14.0. The Morgan fingerprint density at radius 1 is 0.630 bits per heavy atom. The Balaban J connectivity index is 4.11. The van der Waals surface area contributed by atoms with Crippen LogP contribution in [0.5, 0.6) is 0 Å². The minimum absolute atomic E-state index is 0.212. The second kappa shape index (κ2) is 6.06. The average molecular weight is 414 g/mol. The molecule has 1 unspecified atom stereocenters. The monoisotopic (exact) mass is 414 g/mol. The molecule has 13 heteroatoms. The predicted molar refractivity (Wildman–Crippen MR) is 76.4 cm³/mol. The Bertz CT molecular complexity index is 706. The first kappa shape index (κ1) is 23.1. The molecule has 0 aromatic heterocycles. The largest absolute Gasteiger partial charge is 0.430 e. The van der Waals surface area contributed by atoms with E-state index in [1.165, 1.54) is 0 Å². The van der Waals surface area contributed by atoms with E-state index in [1.54, 1.807) is 0 Å². The number of halogens is 9. The lowest BCUT2D eigenvalue weighted by molar-refractivity contribution is -0.376. The smallest absolute Gasteiger partial charge is 0.398 e. The molecular weight excluding hydrogens is 399 g/mol. The van der Waals surface area contributed by atoms with Gasteiger partial charge in [-0.2, -0.15) is 39.5 Å². The number of alkyl halides is 9. The zero-order valence-electron chi connectivity index (χ0n) is 14.0. The topological polar surface area (TPSA) is 92.5 Å². The summed E-state index contributed by atoms with van der Waals surface area (Å²) in [5.74, 6) is 0. The number of anilines is 2. The van der Waals surface area contributed by atoms with Crippen LogP contribution in [0, 0.1) is 13.8 Å². The van der Waals surface area contributed by atoms with Gasteiger partial charge in [0.25, 0.3) is 5.60 Å². The summed E-state index contributed by atoms with van der Waals surface area (Å²) in [5, 5.41) is 19.3. The fourth-order valence-corrected chi connectivity index (χ4v) is 2.73. The number of benzene rings is 1. The van der Waals surface area contributed by atoms with Gasteiger partial charge in [0.05, 0.1) is 0 Å². The van der Waals surface area contributed by atoms with E-state index >= 15 is 0 Å². The highest BCUT2D eigenvalue weighted by molar-refractivity contribution is 5.74. The summed E-state index contributed by atoms with van der Waals surface area (Å²) in [6.07, 6.45) is -18.0. The molecule has 0 saturated heterocycles. The minimum atomic E-state index is -6.32. The van der Waals surface area contributed by atoms with Gasteiger partial charge in [-0.1, -0.05) is 0 Å². The lowest BCUT2D eigenvalue weighted by Gasteiger charge is -2.37. The van der Waals surface area contributed by atoms with Gasteiger partial charge in [0.1, 0.15) is 0 Å². The molecule has 1 aromatic carbocycles. The molecule has 0 radical (unpaired) electrons. The Hall–Kier alpha value is -1.89. The fourth-order valence-electron chi connectivity index (χ4n) is 2.73. The van der Waals surface area contributed by atoms with Gasteiger partial charge >= 0.3 is 18.5 Å². The second-order valence-electron chi connectivity index (χ2n) is 6.10. The van der Waals surface area contributed by atoms with Crippen molar-refractivity contribution < 1.29 is 49.7 Å². The van der Waals surface area contributed by atoms with Crippen LogP contribution in [0.3, 0.4) is 0 Å². The van der Waals surface area contributed by atoms with E-state index in [0.29, 0.717) is 13.8 Å². The molecule has 4 nitrogen and oxygen atoms in total. The number of hydrogen-bond acceptors (Lipinski definition) is 4. The van der Waals surface area contributed by atoms with Crippen LogP contribution in [0.1, 0.15) is 29.2 Å². The van der Waals surface area contributed by atoms with E-state index < -0.39 is 63.4 Å². The van der Waals surface area contributed by atoms with Gasteiger partial charge in [-0.05, 0) is 31.9 Å². The Morgan fingerprint density at radius 2 is 0.926 bits per heavy atom. The van der Waals surface area contributed by atoms with Crippen molar-refractivity contribution in [1.82, 2.24) is 0 Å². The quantitative estimate of drug-likeness (QED) is 0.440. The van der Waals surface area contributed by atoms with Crippen LogP contribution in [0.15, 0.2) is 0 Å². The van der Waals surface area contributed by atoms with Crippen LogP contribution < -0.4 is 11.5 Å². The molecule has 27 heavy (non-hydrogen) atoms. The van der Waals surface area contributed by atoms with Gasteiger partial charge < -0.3 is 21.7 Å². The average Bonchev–Trinajstić information content (AvgIpc) is 2.41. The minimum Gasteiger partial charge on any atom is -0.398 e. The molecule has 1 atom stereocenters. The van der Waals surface area contributed by atoms with Crippen LogP contribution in [-0.2, 0) is 11.2 Å². The first-order valence-electron chi connectivity index (χ1n) is 6.98. The van der Waals surface area contributed by atoms with E-state index in [4.69, 9.17) is 11.5 Å². The van der Waals surface area contributed by atoms with Crippen molar-refractivity contribution in [2.45, 2.75) is 50.5 Å². The molecule has 0 bridgehead atoms. The maximum atomic E-state index is 13.1. The van der Waals surface area contributed by atoms with Crippen molar-refractivity contribution in [2.75, 3.05) is 11.5 Å². The van der Waals surface area contributed by atoms with E-state index in [-0.39, 0.29) is 6.92 Å². The molecule has 0 heterocycles. The molecular formula is C14H15F9N2O2. The highest BCUT2D eigenvalue weighted by atomic mass is 19.4. The summed E-state index contributed by atoms with van der Waals surface area (Å²) >= 11 is 0. The Labute approximate surface area is 146 Å². The lowest BCUT2D eigenvalue weighted by Crippen LogP contribution is -2.55. The van der Waals surface area contributed by atoms with Gasteiger partial charge in [-0.15, -0.1) is 0 Å². The highest BCUT2D eigenvalue weighted by Gasteiger charge is 2.72. The van der Waals surface area contributed by atoms with Crippen molar-refractivity contribution in [3.63, 3.8) is 0 Å². The molecule has 1 rings (SSSR count). The molecule has 0 amide bonds. The first-order chi connectivity index (χ1) is 11.6. The number of nitrogen functional groups attached to an aromatic ring is 2. The fraction of sp³-hybridized carbons (Fsp3) is 0.571. The molecule has 0 aliphatic rings. The molecule has 0 aliphatic heterocycles. The molecule has 0 spiro atoms. The first-order valence-corrected chi connectivity index (χ1v) is 6.98. The highest BCUT2D eigenvalue weighted by Crippen LogP contribution is 2.55. The van der Waals surface area contributed by atoms with E-state index in [9.17, 15) is 49.7 Å². The Kier molecular flexibility index (Phi) is 5.19.